The van der Waals surface area contributed by atoms with Crippen molar-refractivity contribution in [2.75, 3.05) is 13.2 Å². The predicted octanol–water partition coefficient (Wildman–Crippen LogP) is 3.76. The van der Waals surface area contributed by atoms with Crippen molar-refractivity contribution in [3.8, 4) is 5.75 Å². The Balaban J connectivity index is 1.38. The third-order valence-corrected chi connectivity index (χ3v) is 5.67. The number of carbonyl (C=O) groups is 2. The van der Waals surface area contributed by atoms with Gasteiger partial charge in [0.15, 0.2) is 6.61 Å². The minimum atomic E-state index is -0.0793. The fourth-order valence-corrected chi connectivity index (χ4v) is 3.90. The normalized spacial score (nSPS) is 19.3. The van der Waals surface area contributed by atoms with Crippen LogP contribution in [0.1, 0.15) is 44.2 Å². The van der Waals surface area contributed by atoms with Gasteiger partial charge in [-0.2, -0.15) is 0 Å². The first kappa shape index (κ1) is 22.0. The predicted molar refractivity (Wildman–Crippen MR) is 118 cm³/mol. The molecule has 160 valence electrons. The average molecular weight is 409 g/mol. The van der Waals surface area contributed by atoms with E-state index < -0.39 is 0 Å². The second-order valence-electron chi connectivity index (χ2n) is 8.23. The maximum atomic E-state index is 12.3. The molecule has 1 heterocycles. The van der Waals surface area contributed by atoms with E-state index in [1.807, 2.05) is 30.3 Å². The van der Waals surface area contributed by atoms with E-state index >= 15 is 0 Å². The van der Waals surface area contributed by atoms with Crippen LogP contribution in [0.2, 0.25) is 0 Å². The van der Waals surface area contributed by atoms with E-state index in [2.05, 4.69) is 41.4 Å². The maximum Gasteiger partial charge on any atom is 0.258 e. The number of aryl methyl sites for hydroxylation is 1. The molecule has 1 aliphatic heterocycles. The summed E-state index contributed by atoms with van der Waals surface area (Å²) in [6, 6.07) is 18.7. The van der Waals surface area contributed by atoms with E-state index in [4.69, 9.17) is 4.74 Å². The molecule has 5 heteroatoms. The van der Waals surface area contributed by atoms with Crippen LogP contribution in [0, 0.1) is 0 Å². The zero-order valence-corrected chi connectivity index (χ0v) is 18.0. The van der Waals surface area contributed by atoms with Crippen LogP contribution in [0.25, 0.3) is 0 Å². The first-order valence-corrected chi connectivity index (χ1v) is 10.8. The van der Waals surface area contributed by atoms with Gasteiger partial charge in [0.25, 0.3) is 5.91 Å². The molecule has 0 bridgehead atoms. The van der Waals surface area contributed by atoms with E-state index in [0.717, 1.165) is 37.9 Å². The topological polar surface area (TPSA) is 58.6 Å². The van der Waals surface area contributed by atoms with E-state index in [0.29, 0.717) is 18.2 Å². The van der Waals surface area contributed by atoms with E-state index in [9.17, 15) is 9.59 Å². The molecule has 30 heavy (non-hydrogen) atoms. The molecule has 3 rings (SSSR count). The Bertz CT molecular complexity index is 820. The fraction of sp³-hybridized carbons (Fsp3) is 0.440. The van der Waals surface area contributed by atoms with Gasteiger partial charge < -0.3 is 14.8 Å². The summed E-state index contributed by atoms with van der Waals surface area (Å²) in [5.74, 6) is 0.777. The van der Waals surface area contributed by atoms with Gasteiger partial charge in [0.1, 0.15) is 11.5 Å². The van der Waals surface area contributed by atoms with Crippen molar-refractivity contribution in [3.63, 3.8) is 0 Å². The lowest BCUT2D eigenvalue weighted by atomic mass is 9.97. The number of nitrogens with one attached hydrogen (secondary N) is 1. The summed E-state index contributed by atoms with van der Waals surface area (Å²) in [5.41, 5.74) is 2.42. The van der Waals surface area contributed by atoms with Crippen molar-refractivity contribution < 1.29 is 14.3 Å². The summed E-state index contributed by atoms with van der Waals surface area (Å²) >= 11 is 0. The van der Waals surface area contributed by atoms with Crippen molar-refractivity contribution in [2.45, 2.75) is 58.2 Å². The summed E-state index contributed by atoms with van der Waals surface area (Å²) in [5, 5.41) is 3.12. The van der Waals surface area contributed by atoms with Gasteiger partial charge in [-0.3, -0.25) is 9.69 Å². The molecule has 1 saturated heterocycles. The highest BCUT2D eigenvalue weighted by Crippen LogP contribution is 2.20. The number of hydrogen-bond acceptors (Lipinski definition) is 4. The number of hydrogen-bond donors (Lipinski definition) is 1. The van der Waals surface area contributed by atoms with Gasteiger partial charge in [-0.15, -0.1) is 0 Å². The number of rotatable bonds is 9. The summed E-state index contributed by atoms with van der Waals surface area (Å²) in [7, 11) is 0. The highest BCUT2D eigenvalue weighted by molar-refractivity contribution is 5.78. The third-order valence-electron chi connectivity index (χ3n) is 5.67. The van der Waals surface area contributed by atoms with Crippen molar-refractivity contribution in [1.82, 2.24) is 10.2 Å². The summed E-state index contributed by atoms with van der Waals surface area (Å²) in [6.07, 6.45) is 3.18. The number of benzene rings is 2. The molecule has 0 saturated carbocycles. The smallest absolute Gasteiger partial charge is 0.258 e. The molecular weight excluding hydrogens is 376 g/mol. The van der Waals surface area contributed by atoms with Crippen LogP contribution in [0.4, 0.5) is 0 Å². The Labute approximate surface area is 179 Å². The zero-order valence-electron chi connectivity index (χ0n) is 18.0. The Morgan fingerprint density at radius 1 is 1.07 bits per heavy atom. The van der Waals surface area contributed by atoms with Crippen LogP contribution in [0.15, 0.2) is 54.6 Å². The number of carbonyl (C=O) groups excluding carboxylic acids is 2. The first-order chi connectivity index (χ1) is 14.5. The van der Waals surface area contributed by atoms with Gasteiger partial charge in [0.05, 0.1) is 0 Å². The highest BCUT2D eigenvalue weighted by atomic mass is 16.5. The molecule has 2 atom stereocenters. The molecule has 0 spiro atoms. The number of ketones is 1. The molecule has 1 amide bonds. The van der Waals surface area contributed by atoms with Crippen LogP contribution >= 0.6 is 0 Å². The van der Waals surface area contributed by atoms with Gasteiger partial charge in [-0.1, -0.05) is 42.5 Å². The number of likely N-dealkylation sites (tertiary alicyclic amines) is 1. The molecule has 1 aliphatic rings. The fourth-order valence-electron chi connectivity index (χ4n) is 3.90. The number of ether oxygens (including phenoxy) is 1. The number of amides is 1. The van der Waals surface area contributed by atoms with E-state index in [1.165, 1.54) is 5.56 Å². The minimum Gasteiger partial charge on any atom is -0.484 e. The lowest BCUT2D eigenvalue weighted by Gasteiger charge is -2.38. The molecular formula is C25H32N2O3. The largest absolute Gasteiger partial charge is 0.484 e. The second kappa shape index (κ2) is 10.9. The van der Waals surface area contributed by atoms with Crippen molar-refractivity contribution in [3.05, 3.63) is 65.7 Å². The van der Waals surface area contributed by atoms with Gasteiger partial charge in [-0.05, 0) is 56.4 Å². The standard InChI is InChI=1S/C25H32N2O3/c1-19-16-23(14-15-27(19)17-22-6-4-3-5-7-22)26-25(29)18-30-24-12-10-21(11-13-24)9-8-20(2)28/h3-7,10-13,19,23H,8-9,14-18H2,1-2H3,(H,26,29)/t19-,23-/m1/s1. The molecule has 0 unspecified atom stereocenters. The van der Waals surface area contributed by atoms with Crippen LogP contribution < -0.4 is 10.1 Å². The minimum absolute atomic E-state index is 0.0192. The van der Waals surface area contributed by atoms with Crippen LogP contribution in [0.3, 0.4) is 0 Å². The third kappa shape index (κ3) is 6.99. The summed E-state index contributed by atoms with van der Waals surface area (Å²) in [6.45, 7) is 5.78. The molecule has 2 aromatic carbocycles. The monoisotopic (exact) mass is 408 g/mol. The number of nitrogens with zero attached hydrogens (tertiary/aromatic N) is 1. The Hall–Kier alpha value is -2.66. The van der Waals surface area contributed by atoms with Crippen LogP contribution in [-0.2, 0) is 22.6 Å². The van der Waals surface area contributed by atoms with Crippen LogP contribution in [0.5, 0.6) is 5.75 Å². The summed E-state index contributed by atoms with van der Waals surface area (Å²) < 4.78 is 5.63. The highest BCUT2D eigenvalue weighted by Gasteiger charge is 2.26. The second-order valence-corrected chi connectivity index (χ2v) is 8.23. The summed E-state index contributed by atoms with van der Waals surface area (Å²) in [4.78, 5) is 25.9. The lowest BCUT2D eigenvalue weighted by Crippen LogP contribution is -2.49. The zero-order chi connectivity index (χ0) is 21.3. The van der Waals surface area contributed by atoms with Gasteiger partial charge in [0.2, 0.25) is 0 Å². The van der Waals surface area contributed by atoms with E-state index in [-0.39, 0.29) is 24.3 Å². The molecule has 0 aliphatic carbocycles. The SMILES string of the molecule is CC(=O)CCc1ccc(OCC(=O)N[C@@H]2CCN(Cc3ccccc3)[C@H](C)C2)cc1. The quantitative estimate of drug-likeness (QED) is 0.686. The van der Waals surface area contributed by atoms with Crippen molar-refractivity contribution >= 4 is 11.7 Å². The van der Waals surface area contributed by atoms with Gasteiger partial charge >= 0.3 is 0 Å². The molecule has 1 N–H and O–H groups in total. The van der Waals surface area contributed by atoms with Gasteiger partial charge in [0, 0.05) is 31.6 Å². The van der Waals surface area contributed by atoms with Crippen molar-refractivity contribution in [2.24, 2.45) is 0 Å². The Morgan fingerprint density at radius 2 is 1.80 bits per heavy atom. The van der Waals surface area contributed by atoms with E-state index in [1.54, 1.807) is 6.92 Å². The number of piperidine rings is 1. The Morgan fingerprint density at radius 3 is 2.47 bits per heavy atom. The molecule has 0 radical (unpaired) electrons. The molecule has 0 aromatic heterocycles. The van der Waals surface area contributed by atoms with Gasteiger partial charge in [-0.25, -0.2) is 0 Å². The number of Topliss-reactive ketones (excluding diaryl/α,β-unsaturated/α-hetero) is 1. The molecule has 5 nitrogen and oxygen atoms in total. The average Bonchev–Trinajstić information content (AvgIpc) is 2.74. The van der Waals surface area contributed by atoms with Crippen molar-refractivity contribution in [1.29, 1.82) is 0 Å². The molecule has 2 aromatic rings. The first-order valence-electron chi connectivity index (χ1n) is 10.8. The maximum absolute atomic E-state index is 12.3. The Kier molecular flexibility index (Phi) is 8.03. The molecule has 1 fully saturated rings. The lowest BCUT2D eigenvalue weighted by molar-refractivity contribution is -0.124. The van der Waals surface area contributed by atoms with Crippen LogP contribution in [-0.4, -0.2) is 41.8 Å².